The van der Waals surface area contributed by atoms with Gasteiger partial charge in [-0.25, -0.2) is 0 Å². The smallest absolute Gasteiger partial charge is 0.302 e. The van der Waals surface area contributed by atoms with Crippen molar-refractivity contribution in [3.63, 3.8) is 0 Å². The number of hydrogen-bond donors (Lipinski definition) is 2. The van der Waals surface area contributed by atoms with Gasteiger partial charge in [0.2, 0.25) is 0 Å². The maximum Gasteiger partial charge on any atom is 0.302 e. The van der Waals surface area contributed by atoms with E-state index in [-0.39, 0.29) is 34.2 Å². The summed E-state index contributed by atoms with van der Waals surface area (Å²) in [4.78, 5) is 11.0. The van der Waals surface area contributed by atoms with Gasteiger partial charge in [0.1, 0.15) is 6.61 Å². The predicted molar refractivity (Wildman–Crippen MR) is 124 cm³/mol. The van der Waals surface area contributed by atoms with Crippen molar-refractivity contribution in [3.8, 4) is 0 Å². The third-order valence-electron chi connectivity index (χ3n) is 9.46. The number of carbonyl (C=O) groups excluding carboxylic acids is 1. The third kappa shape index (κ3) is 4.27. The lowest BCUT2D eigenvalue weighted by molar-refractivity contribution is -0.242. The number of carbonyl (C=O) groups is 1. The topological polar surface area (TPSA) is 66.8 Å². The van der Waals surface area contributed by atoms with Crippen LogP contribution in [0.1, 0.15) is 86.5 Å². The summed E-state index contributed by atoms with van der Waals surface area (Å²) >= 11 is 0. The molecular weight excluding hydrogens is 388 g/mol. The van der Waals surface area contributed by atoms with Crippen molar-refractivity contribution in [2.45, 2.75) is 98.7 Å². The minimum absolute atomic E-state index is 0.0364. The molecule has 0 unspecified atom stereocenters. The molecule has 0 amide bonds. The van der Waals surface area contributed by atoms with E-state index in [0.29, 0.717) is 18.4 Å². The van der Waals surface area contributed by atoms with Gasteiger partial charge in [0, 0.05) is 12.3 Å². The largest absolute Gasteiger partial charge is 0.462 e. The van der Waals surface area contributed by atoms with Crippen molar-refractivity contribution in [1.82, 2.24) is 0 Å². The fourth-order valence-corrected chi connectivity index (χ4v) is 8.14. The molecular formula is C27H44O4. The van der Waals surface area contributed by atoms with Crippen LogP contribution in [0.2, 0.25) is 0 Å². The van der Waals surface area contributed by atoms with Crippen LogP contribution >= 0.6 is 0 Å². The van der Waals surface area contributed by atoms with Gasteiger partial charge in [-0.1, -0.05) is 45.4 Å². The summed E-state index contributed by atoms with van der Waals surface area (Å²) in [6.45, 7) is 17.5. The molecule has 3 aliphatic rings. The molecule has 0 aromatic rings. The van der Waals surface area contributed by atoms with Crippen LogP contribution in [0.25, 0.3) is 0 Å². The van der Waals surface area contributed by atoms with Gasteiger partial charge in [-0.05, 0) is 86.5 Å². The maximum atomic E-state index is 11.5. The Hall–Kier alpha value is -1.13. The summed E-state index contributed by atoms with van der Waals surface area (Å²) < 4.78 is 5.06. The Morgan fingerprint density at radius 3 is 2.52 bits per heavy atom. The van der Waals surface area contributed by atoms with Gasteiger partial charge < -0.3 is 14.9 Å². The molecule has 0 radical (unpaired) electrons. The van der Waals surface area contributed by atoms with E-state index < -0.39 is 6.10 Å². The van der Waals surface area contributed by atoms with E-state index in [1.54, 1.807) is 0 Å². The van der Waals surface area contributed by atoms with E-state index in [2.05, 4.69) is 41.2 Å². The maximum absolute atomic E-state index is 11.5. The van der Waals surface area contributed by atoms with Crippen LogP contribution in [0.5, 0.6) is 0 Å². The average molecular weight is 433 g/mol. The van der Waals surface area contributed by atoms with Gasteiger partial charge in [-0.3, -0.25) is 4.79 Å². The monoisotopic (exact) mass is 432 g/mol. The molecule has 0 aromatic carbocycles. The Morgan fingerprint density at radius 1 is 1.19 bits per heavy atom. The van der Waals surface area contributed by atoms with Gasteiger partial charge >= 0.3 is 5.97 Å². The number of rotatable bonds is 5. The number of hydrogen-bond acceptors (Lipinski definition) is 4. The number of ether oxygens (including phenoxy) is 1. The van der Waals surface area contributed by atoms with Crippen LogP contribution in [-0.4, -0.2) is 35.0 Å². The van der Waals surface area contributed by atoms with E-state index in [4.69, 9.17) is 4.74 Å². The lowest BCUT2D eigenvalue weighted by atomic mass is 9.37. The van der Waals surface area contributed by atoms with Crippen LogP contribution in [0, 0.1) is 34.0 Å². The second kappa shape index (κ2) is 8.67. The highest BCUT2D eigenvalue weighted by molar-refractivity contribution is 5.66. The zero-order valence-corrected chi connectivity index (χ0v) is 20.5. The Labute approximate surface area is 189 Å². The first-order chi connectivity index (χ1) is 14.3. The molecule has 0 aromatic heterocycles. The lowest BCUT2D eigenvalue weighted by Crippen LogP contribution is -2.67. The van der Waals surface area contributed by atoms with E-state index in [1.807, 2.05) is 6.08 Å². The molecule has 3 aliphatic carbocycles. The Kier molecular flexibility index (Phi) is 6.85. The summed E-state index contributed by atoms with van der Waals surface area (Å²) in [6.07, 6.45) is 7.79. The van der Waals surface area contributed by atoms with Crippen molar-refractivity contribution in [1.29, 1.82) is 0 Å². The molecule has 3 rings (SSSR count). The van der Waals surface area contributed by atoms with Crippen LogP contribution in [0.3, 0.4) is 0 Å². The molecule has 176 valence electrons. The van der Waals surface area contributed by atoms with E-state index in [9.17, 15) is 15.0 Å². The SMILES string of the molecule is C=C1CC[C@H]2[C@@](C)(C[C@H](O)[C@H]3C(C)(C)CC[C@@H](O)[C@@]32C)[C@@H]1CC/C(C)=C\COC(C)=O. The van der Waals surface area contributed by atoms with Crippen LogP contribution < -0.4 is 0 Å². The van der Waals surface area contributed by atoms with Crippen molar-refractivity contribution >= 4 is 5.97 Å². The van der Waals surface area contributed by atoms with Gasteiger partial charge in [0.05, 0.1) is 12.2 Å². The summed E-state index contributed by atoms with van der Waals surface area (Å²) in [5.41, 5.74) is 2.22. The zero-order valence-electron chi connectivity index (χ0n) is 20.5. The van der Waals surface area contributed by atoms with E-state index >= 15 is 0 Å². The minimum atomic E-state index is -0.398. The average Bonchev–Trinajstić information content (AvgIpc) is 2.63. The van der Waals surface area contributed by atoms with Crippen molar-refractivity contribution in [2.75, 3.05) is 6.61 Å². The number of aliphatic hydroxyl groups excluding tert-OH is 2. The number of fused-ring (bicyclic) bond motifs is 3. The molecule has 7 atom stereocenters. The first kappa shape index (κ1) is 24.5. The summed E-state index contributed by atoms with van der Waals surface area (Å²) in [5, 5.41) is 22.8. The fourth-order valence-electron chi connectivity index (χ4n) is 8.14. The van der Waals surface area contributed by atoms with Gasteiger partial charge in [-0.15, -0.1) is 0 Å². The lowest BCUT2D eigenvalue weighted by Gasteiger charge is -2.68. The summed E-state index contributed by atoms with van der Waals surface area (Å²) in [6, 6.07) is 0. The normalized spacial score (nSPS) is 42.5. The molecule has 0 saturated heterocycles. The minimum Gasteiger partial charge on any atom is -0.462 e. The van der Waals surface area contributed by atoms with Crippen molar-refractivity contribution < 1.29 is 19.7 Å². The molecule has 3 saturated carbocycles. The second-order valence-electron chi connectivity index (χ2n) is 11.9. The Bertz CT molecular complexity index is 738. The molecule has 0 heterocycles. The first-order valence-corrected chi connectivity index (χ1v) is 12.2. The zero-order chi connectivity index (χ0) is 23.2. The van der Waals surface area contributed by atoms with Gasteiger partial charge in [-0.2, -0.15) is 0 Å². The highest BCUT2D eigenvalue weighted by atomic mass is 16.5. The van der Waals surface area contributed by atoms with E-state index in [1.165, 1.54) is 18.1 Å². The number of esters is 1. The fraction of sp³-hybridized carbons (Fsp3) is 0.815. The number of allylic oxidation sites excluding steroid dienone is 2. The molecule has 0 spiro atoms. The van der Waals surface area contributed by atoms with E-state index in [0.717, 1.165) is 44.9 Å². The summed E-state index contributed by atoms with van der Waals surface area (Å²) in [7, 11) is 0. The third-order valence-corrected chi connectivity index (χ3v) is 9.46. The second-order valence-corrected chi connectivity index (χ2v) is 11.9. The highest BCUT2D eigenvalue weighted by Gasteiger charge is 2.66. The van der Waals surface area contributed by atoms with Crippen LogP contribution in [0.4, 0.5) is 0 Å². The predicted octanol–water partition coefficient (Wildman–Crippen LogP) is 5.43. The van der Waals surface area contributed by atoms with Crippen LogP contribution in [0.15, 0.2) is 23.8 Å². The van der Waals surface area contributed by atoms with Crippen molar-refractivity contribution in [2.24, 2.45) is 34.0 Å². The molecule has 4 nitrogen and oxygen atoms in total. The highest BCUT2D eigenvalue weighted by Crippen LogP contribution is 2.69. The number of aliphatic hydroxyl groups is 2. The van der Waals surface area contributed by atoms with Crippen molar-refractivity contribution in [3.05, 3.63) is 23.8 Å². The van der Waals surface area contributed by atoms with Crippen LogP contribution in [-0.2, 0) is 9.53 Å². The van der Waals surface area contributed by atoms with Gasteiger partial charge in [0.25, 0.3) is 0 Å². The first-order valence-electron chi connectivity index (χ1n) is 12.2. The molecule has 2 N–H and O–H groups in total. The Morgan fingerprint density at radius 2 is 1.87 bits per heavy atom. The molecule has 31 heavy (non-hydrogen) atoms. The summed E-state index contributed by atoms with van der Waals surface area (Å²) in [5.74, 6) is 0.573. The molecule has 0 bridgehead atoms. The molecule has 4 heteroatoms. The molecule has 0 aliphatic heterocycles. The standard InChI is InChI=1S/C27H44O4/c1-17(13-15-31-19(3)28)8-10-20-18(2)9-11-22-26(20,6)16-21(29)24-25(4,5)14-12-23(30)27(22,24)7/h13,20-24,29-30H,2,8-12,14-16H2,1,3-7H3/b17-13-/t20-,21+,22+,23-,24+,26+,27+/m1/s1. The molecule has 3 fully saturated rings. The van der Waals surface area contributed by atoms with Gasteiger partial charge in [0.15, 0.2) is 0 Å². The Balaban J connectivity index is 1.86. The quantitative estimate of drug-likeness (QED) is 0.449.